The lowest BCUT2D eigenvalue weighted by Gasteiger charge is -2.11. The second kappa shape index (κ2) is 8.19. The average molecular weight is 334 g/mol. The van der Waals surface area contributed by atoms with E-state index in [9.17, 15) is 4.79 Å². The lowest BCUT2D eigenvalue weighted by atomic mass is 10.1. The summed E-state index contributed by atoms with van der Waals surface area (Å²) in [6.07, 6.45) is 1.46. The highest BCUT2D eigenvalue weighted by atomic mass is 16.5. The number of hydrogen-bond acceptors (Lipinski definition) is 5. The minimum Gasteiger partial charge on any atom is -0.493 e. The van der Waals surface area contributed by atoms with Crippen LogP contribution in [0.15, 0.2) is 48.0 Å². The predicted octanol–water partition coefficient (Wildman–Crippen LogP) is 3.40. The first-order valence-corrected chi connectivity index (χ1v) is 7.22. The van der Waals surface area contributed by atoms with E-state index >= 15 is 0 Å². The number of nitrogens with zero attached hydrogens (tertiary/aromatic N) is 2. The third-order valence-corrected chi connectivity index (χ3v) is 3.33. The van der Waals surface area contributed by atoms with Gasteiger partial charge in [0.1, 0.15) is 24.3 Å². The smallest absolute Gasteiger partial charge is 0.335 e. The number of carboxylic acid groups (broad SMARTS) is 1. The fraction of sp³-hybridized carbons (Fsp3) is 0.105. The summed E-state index contributed by atoms with van der Waals surface area (Å²) in [5.41, 5.74) is 1.66. The second-order valence-corrected chi connectivity index (χ2v) is 4.98. The summed E-state index contributed by atoms with van der Waals surface area (Å²) < 4.78 is 11.0. The molecule has 0 radical (unpaired) electrons. The van der Waals surface area contributed by atoms with Gasteiger partial charge in [-0.2, -0.15) is 10.5 Å². The van der Waals surface area contributed by atoms with Gasteiger partial charge < -0.3 is 14.6 Å². The van der Waals surface area contributed by atoms with Crippen molar-refractivity contribution in [2.75, 3.05) is 7.11 Å². The fourth-order valence-electron chi connectivity index (χ4n) is 2.05. The highest BCUT2D eigenvalue weighted by Gasteiger charge is 2.07. The fourth-order valence-corrected chi connectivity index (χ4v) is 2.05. The first-order chi connectivity index (χ1) is 12.1. The Morgan fingerprint density at radius 2 is 1.80 bits per heavy atom. The van der Waals surface area contributed by atoms with Crippen LogP contribution in [0, 0.1) is 22.7 Å². The van der Waals surface area contributed by atoms with Crippen LogP contribution in [0.25, 0.3) is 6.08 Å². The molecule has 0 bridgehead atoms. The number of hydrogen-bond donors (Lipinski definition) is 1. The maximum Gasteiger partial charge on any atom is 0.335 e. The van der Waals surface area contributed by atoms with E-state index in [1.807, 2.05) is 0 Å². The topological polar surface area (TPSA) is 103 Å². The summed E-state index contributed by atoms with van der Waals surface area (Å²) in [7, 11) is 1.49. The molecule has 0 saturated heterocycles. The third kappa shape index (κ3) is 4.60. The lowest BCUT2D eigenvalue weighted by molar-refractivity contribution is 0.0697. The van der Waals surface area contributed by atoms with Crippen LogP contribution in [0.2, 0.25) is 0 Å². The van der Waals surface area contributed by atoms with Gasteiger partial charge in [-0.05, 0) is 41.5 Å². The molecule has 0 aromatic heterocycles. The molecule has 124 valence electrons. The number of ether oxygens (including phenoxy) is 2. The molecule has 0 amide bonds. The van der Waals surface area contributed by atoms with Crippen LogP contribution >= 0.6 is 0 Å². The van der Waals surface area contributed by atoms with Crippen molar-refractivity contribution in [2.45, 2.75) is 6.61 Å². The van der Waals surface area contributed by atoms with E-state index in [2.05, 4.69) is 0 Å². The van der Waals surface area contributed by atoms with Crippen molar-refractivity contribution < 1.29 is 19.4 Å². The number of allylic oxidation sites excluding steroid dienone is 1. The molecular weight excluding hydrogens is 320 g/mol. The standard InChI is InChI=1S/C19H14N2O4/c1-24-18-9-14(8-15(10-20)11-21)4-7-17(18)25-12-13-2-5-16(6-3-13)19(22)23/h2-9H,12H2,1H3,(H,22,23). The minimum atomic E-state index is -0.980. The van der Waals surface area contributed by atoms with E-state index in [4.69, 9.17) is 25.1 Å². The van der Waals surface area contributed by atoms with Crippen molar-refractivity contribution in [3.63, 3.8) is 0 Å². The van der Waals surface area contributed by atoms with E-state index in [-0.39, 0.29) is 17.7 Å². The number of rotatable bonds is 6. The van der Waals surface area contributed by atoms with E-state index in [0.29, 0.717) is 17.1 Å². The van der Waals surface area contributed by atoms with Crippen LogP contribution in [-0.4, -0.2) is 18.2 Å². The Kier molecular flexibility index (Phi) is 5.76. The predicted molar refractivity (Wildman–Crippen MR) is 89.9 cm³/mol. The number of nitriles is 2. The first kappa shape index (κ1) is 17.6. The molecule has 2 aromatic carbocycles. The molecular formula is C19H14N2O4. The van der Waals surface area contributed by atoms with Gasteiger partial charge in [0.2, 0.25) is 0 Å². The molecule has 0 atom stereocenters. The van der Waals surface area contributed by atoms with Gasteiger partial charge >= 0.3 is 5.97 Å². The maximum absolute atomic E-state index is 10.8. The number of methoxy groups -OCH3 is 1. The minimum absolute atomic E-state index is 0.00533. The molecule has 0 aliphatic heterocycles. The van der Waals surface area contributed by atoms with Crippen molar-refractivity contribution >= 4 is 12.0 Å². The Morgan fingerprint density at radius 1 is 1.12 bits per heavy atom. The third-order valence-electron chi connectivity index (χ3n) is 3.33. The normalized spacial score (nSPS) is 9.40. The Hall–Kier alpha value is -3.77. The Labute approximate surface area is 144 Å². The molecule has 0 saturated carbocycles. The van der Waals surface area contributed by atoms with Gasteiger partial charge in [-0.15, -0.1) is 0 Å². The van der Waals surface area contributed by atoms with Crippen LogP contribution < -0.4 is 9.47 Å². The van der Waals surface area contributed by atoms with Crippen molar-refractivity contribution in [1.82, 2.24) is 0 Å². The zero-order valence-corrected chi connectivity index (χ0v) is 13.4. The highest BCUT2D eigenvalue weighted by Crippen LogP contribution is 2.29. The van der Waals surface area contributed by atoms with Crippen molar-refractivity contribution in [2.24, 2.45) is 0 Å². The van der Waals surface area contributed by atoms with E-state index in [1.54, 1.807) is 42.5 Å². The zero-order chi connectivity index (χ0) is 18.2. The Morgan fingerprint density at radius 3 is 2.36 bits per heavy atom. The maximum atomic E-state index is 10.8. The van der Waals surface area contributed by atoms with E-state index in [1.165, 1.54) is 25.3 Å². The molecule has 1 N–H and O–H groups in total. The number of aromatic carboxylic acids is 1. The van der Waals surface area contributed by atoms with E-state index < -0.39 is 5.97 Å². The summed E-state index contributed by atoms with van der Waals surface area (Å²) in [4.78, 5) is 10.8. The van der Waals surface area contributed by atoms with Gasteiger partial charge in [-0.25, -0.2) is 4.79 Å². The summed E-state index contributed by atoms with van der Waals surface area (Å²) in [6, 6.07) is 15.0. The quantitative estimate of drug-likeness (QED) is 0.812. The van der Waals surface area contributed by atoms with Gasteiger partial charge in [0.25, 0.3) is 0 Å². The Bertz CT molecular complexity index is 871. The molecule has 0 unspecified atom stereocenters. The molecule has 0 aliphatic carbocycles. The van der Waals surface area contributed by atoms with Crippen LogP contribution in [0.4, 0.5) is 0 Å². The van der Waals surface area contributed by atoms with Crippen molar-refractivity contribution in [3.8, 4) is 23.6 Å². The number of carboxylic acids is 1. The monoisotopic (exact) mass is 334 g/mol. The summed E-state index contributed by atoms with van der Waals surface area (Å²) in [5, 5.41) is 26.5. The van der Waals surface area contributed by atoms with Gasteiger partial charge in [0.05, 0.1) is 12.7 Å². The van der Waals surface area contributed by atoms with Gasteiger partial charge in [-0.3, -0.25) is 0 Å². The molecule has 2 rings (SSSR count). The zero-order valence-electron chi connectivity index (χ0n) is 13.4. The number of carbonyl (C=O) groups is 1. The van der Waals surface area contributed by atoms with Crippen LogP contribution in [-0.2, 0) is 6.61 Å². The second-order valence-electron chi connectivity index (χ2n) is 4.98. The van der Waals surface area contributed by atoms with Gasteiger partial charge in [0, 0.05) is 0 Å². The van der Waals surface area contributed by atoms with Crippen molar-refractivity contribution in [3.05, 3.63) is 64.7 Å². The first-order valence-electron chi connectivity index (χ1n) is 7.22. The molecule has 0 fully saturated rings. The lowest BCUT2D eigenvalue weighted by Crippen LogP contribution is -2.00. The molecule has 0 spiro atoms. The van der Waals surface area contributed by atoms with E-state index in [0.717, 1.165) is 5.56 Å². The van der Waals surface area contributed by atoms with Gasteiger partial charge in [-0.1, -0.05) is 18.2 Å². The molecule has 0 aliphatic rings. The highest BCUT2D eigenvalue weighted by molar-refractivity contribution is 5.87. The summed E-state index contributed by atoms with van der Waals surface area (Å²) >= 11 is 0. The largest absolute Gasteiger partial charge is 0.493 e. The SMILES string of the molecule is COc1cc(C=C(C#N)C#N)ccc1OCc1ccc(C(=O)O)cc1. The van der Waals surface area contributed by atoms with Crippen molar-refractivity contribution in [1.29, 1.82) is 10.5 Å². The molecule has 2 aromatic rings. The summed E-state index contributed by atoms with van der Waals surface area (Å²) in [5.74, 6) is -0.0181. The molecule has 25 heavy (non-hydrogen) atoms. The summed E-state index contributed by atoms with van der Waals surface area (Å²) in [6.45, 7) is 0.243. The van der Waals surface area contributed by atoms with Gasteiger partial charge in [0.15, 0.2) is 11.5 Å². The Balaban J connectivity index is 2.14. The average Bonchev–Trinajstić information content (AvgIpc) is 2.65. The van der Waals surface area contributed by atoms with Crippen LogP contribution in [0.5, 0.6) is 11.5 Å². The molecule has 0 heterocycles. The van der Waals surface area contributed by atoms with Crippen LogP contribution in [0.1, 0.15) is 21.5 Å². The number of benzene rings is 2. The van der Waals surface area contributed by atoms with Crippen LogP contribution in [0.3, 0.4) is 0 Å². The molecule has 6 nitrogen and oxygen atoms in total. The molecule has 6 heteroatoms.